The predicted molar refractivity (Wildman–Crippen MR) is 76.9 cm³/mol. The fourth-order valence-electron chi connectivity index (χ4n) is 2.10. The Morgan fingerprint density at radius 3 is 2.44 bits per heavy atom. The van der Waals surface area contributed by atoms with Crippen LogP contribution in [0.1, 0.15) is 16.6 Å². The number of aryl methyl sites for hydroxylation is 1. The molecule has 0 atom stereocenters. The topological polar surface area (TPSA) is 13.1 Å². The molecule has 0 N–H and O–H groups in total. The van der Waals surface area contributed by atoms with Gasteiger partial charge in [0.2, 0.25) is 0 Å². The van der Waals surface area contributed by atoms with Gasteiger partial charge in [0.1, 0.15) is 11.5 Å². The minimum Gasteiger partial charge on any atom is -0.461 e. The zero-order chi connectivity index (χ0) is 12.4. The normalized spacial score (nSPS) is 15.2. The molecule has 0 saturated heterocycles. The first-order chi connectivity index (χ1) is 8.84. The smallest absolute Gasteiger partial charge is 0.135 e. The van der Waals surface area contributed by atoms with Gasteiger partial charge in [-0.05, 0) is 30.5 Å². The molecule has 2 heteroatoms. The Bertz CT molecular complexity index is 609. The van der Waals surface area contributed by atoms with Crippen molar-refractivity contribution in [1.82, 2.24) is 0 Å². The van der Waals surface area contributed by atoms with Crippen LogP contribution in [-0.4, -0.2) is 0 Å². The molecule has 0 saturated carbocycles. The first kappa shape index (κ1) is 11.3. The third kappa shape index (κ3) is 2.12. The zero-order valence-corrected chi connectivity index (χ0v) is 11.0. The van der Waals surface area contributed by atoms with Crippen LogP contribution in [0.25, 0.3) is 11.3 Å². The van der Waals surface area contributed by atoms with Gasteiger partial charge in [-0.25, -0.2) is 0 Å². The molecule has 2 aromatic rings. The molecule has 0 spiro atoms. The van der Waals surface area contributed by atoms with Gasteiger partial charge in [-0.1, -0.05) is 36.5 Å². The summed E-state index contributed by atoms with van der Waals surface area (Å²) >= 11 is 1.78. The molecule has 0 aromatic carbocycles. The molecule has 1 nitrogen and oxygen atoms in total. The van der Waals surface area contributed by atoms with Crippen molar-refractivity contribution < 1.29 is 4.42 Å². The lowest BCUT2D eigenvalue weighted by Gasteiger charge is -2.07. The first-order valence-electron chi connectivity index (χ1n) is 6.00. The molecular formula is C16H14OS. The number of thiophene rings is 1. The highest BCUT2D eigenvalue weighted by atomic mass is 32.1. The van der Waals surface area contributed by atoms with Gasteiger partial charge in [-0.3, -0.25) is 0 Å². The summed E-state index contributed by atoms with van der Waals surface area (Å²) in [7, 11) is 0. The Morgan fingerprint density at radius 2 is 1.78 bits per heavy atom. The fraction of sp³-hybridized carbons (Fsp3) is 0.125. The summed E-state index contributed by atoms with van der Waals surface area (Å²) in [5.74, 6) is 2.25. The molecule has 90 valence electrons. The molecule has 0 aliphatic heterocycles. The molecule has 0 bridgehead atoms. The van der Waals surface area contributed by atoms with E-state index in [2.05, 4.69) is 47.9 Å². The summed E-state index contributed by atoms with van der Waals surface area (Å²) in [4.78, 5) is 1.33. The quantitative estimate of drug-likeness (QED) is 0.728. The second-order valence-electron chi connectivity index (χ2n) is 4.29. The monoisotopic (exact) mass is 254 g/mol. The van der Waals surface area contributed by atoms with Crippen molar-refractivity contribution in [2.24, 2.45) is 0 Å². The highest BCUT2D eigenvalue weighted by molar-refractivity contribution is 7.10. The summed E-state index contributed by atoms with van der Waals surface area (Å²) in [5.41, 5.74) is 1.20. The number of furan rings is 1. The molecule has 1 aliphatic rings. The fourth-order valence-corrected chi connectivity index (χ4v) is 3.06. The summed E-state index contributed by atoms with van der Waals surface area (Å²) in [5, 5.41) is 2.13. The van der Waals surface area contributed by atoms with Crippen molar-refractivity contribution in [1.29, 1.82) is 0 Å². The summed E-state index contributed by atoms with van der Waals surface area (Å²) < 4.78 is 5.73. The largest absolute Gasteiger partial charge is 0.461 e. The SMILES string of the molecule is Cc1ccc(-c2ccsc2C2C=CC=CC=C2)o1. The summed E-state index contributed by atoms with van der Waals surface area (Å²) in [6, 6.07) is 6.19. The average Bonchev–Trinajstić information content (AvgIpc) is 2.92. The van der Waals surface area contributed by atoms with E-state index in [0.29, 0.717) is 5.92 Å². The predicted octanol–water partition coefficient (Wildman–Crippen LogP) is 5.08. The van der Waals surface area contributed by atoms with Crippen molar-refractivity contribution >= 4 is 11.3 Å². The Kier molecular flexibility index (Phi) is 3.03. The van der Waals surface area contributed by atoms with Gasteiger partial charge in [0.25, 0.3) is 0 Å². The van der Waals surface area contributed by atoms with E-state index in [1.54, 1.807) is 11.3 Å². The van der Waals surface area contributed by atoms with E-state index in [1.165, 1.54) is 10.4 Å². The van der Waals surface area contributed by atoms with Crippen molar-refractivity contribution in [3.63, 3.8) is 0 Å². The van der Waals surface area contributed by atoms with Crippen molar-refractivity contribution in [2.75, 3.05) is 0 Å². The number of rotatable bonds is 2. The van der Waals surface area contributed by atoms with E-state index < -0.39 is 0 Å². The van der Waals surface area contributed by atoms with Crippen molar-refractivity contribution in [2.45, 2.75) is 12.8 Å². The Hall–Kier alpha value is -1.80. The number of hydrogen-bond donors (Lipinski definition) is 0. The molecule has 1 aliphatic carbocycles. The molecule has 2 heterocycles. The maximum Gasteiger partial charge on any atom is 0.135 e. The van der Waals surface area contributed by atoms with Crippen LogP contribution >= 0.6 is 11.3 Å². The maximum absolute atomic E-state index is 5.73. The average molecular weight is 254 g/mol. The van der Waals surface area contributed by atoms with Crippen LogP contribution in [0.2, 0.25) is 0 Å². The van der Waals surface area contributed by atoms with E-state index in [9.17, 15) is 0 Å². The maximum atomic E-state index is 5.73. The highest BCUT2D eigenvalue weighted by Gasteiger charge is 2.15. The standard InChI is InChI=1S/C16H14OS/c1-12-8-9-15(17-12)14-10-11-18-16(14)13-6-4-2-3-5-7-13/h2-11,13H,1H3. The van der Waals surface area contributed by atoms with Crippen LogP contribution in [0.15, 0.2) is 64.5 Å². The number of hydrogen-bond acceptors (Lipinski definition) is 2. The zero-order valence-electron chi connectivity index (χ0n) is 10.2. The minimum atomic E-state index is 0.334. The van der Waals surface area contributed by atoms with Gasteiger partial charge in [0.15, 0.2) is 0 Å². The van der Waals surface area contributed by atoms with Crippen molar-refractivity contribution in [3.8, 4) is 11.3 Å². The molecule has 0 fully saturated rings. The van der Waals surface area contributed by atoms with Crippen molar-refractivity contribution in [3.05, 3.63) is 70.7 Å². The summed E-state index contributed by atoms with van der Waals surface area (Å²) in [6.45, 7) is 1.98. The summed E-state index contributed by atoms with van der Waals surface area (Å²) in [6.07, 6.45) is 12.7. The third-order valence-electron chi connectivity index (χ3n) is 2.97. The van der Waals surface area contributed by atoms with Gasteiger partial charge in [0, 0.05) is 16.4 Å². The third-order valence-corrected chi connectivity index (χ3v) is 3.99. The minimum absolute atomic E-state index is 0.334. The Balaban J connectivity index is 2.01. The molecule has 0 unspecified atom stereocenters. The lowest BCUT2D eigenvalue weighted by Crippen LogP contribution is -1.89. The molecule has 3 rings (SSSR count). The van der Waals surface area contributed by atoms with Gasteiger partial charge in [-0.15, -0.1) is 11.3 Å². The van der Waals surface area contributed by atoms with E-state index in [1.807, 2.05) is 19.1 Å². The molecule has 0 amide bonds. The van der Waals surface area contributed by atoms with Crippen LogP contribution in [0.4, 0.5) is 0 Å². The lowest BCUT2D eigenvalue weighted by molar-refractivity contribution is 0.548. The van der Waals surface area contributed by atoms with Gasteiger partial charge >= 0.3 is 0 Å². The van der Waals surface area contributed by atoms with Crippen LogP contribution in [0, 0.1) is 6.92 Å². The Morgan fingerprint density at radius 1 is 1.00 bits per heavy atom. The van der Waals surface area contributed by atoms with Gasteiger partial charge in [0.05, 0.1) is 0 Å². The van der Waals surface area contributed by atoms with E-state index in [0.717, 1.165) is 11.5 Å². The van der Waals surface area contributed by atoms with E-state index >= 15 is 0 Å². The van der Waals surface area contributed by atoms with Crippen LogP contribution in [0.5, 0.6) is 0 Å². The van der Waals surface area contributed by atoms with Crippen LogP contribution in [-0.2, 0) is 0 Å². The van der Waals surface area contributed by atoms with E-state index in [4.69, 9.17) is 4.42 Å². The van der Waals surface area contributed by atoms with Gasteiger partial charge in [-0.2, -0.15) is 0 Å². The molecule has 0 radical (unpaired) electrons. The molecule has 2 aromatic heterocycles. The Labute approximate surface area is 111 Å². The van der Waals surface area contributed by atoms with Crippen LogP contribution < -0.4 is 0 Å². The second kappa shape index (κ2) is 4.83. The number of allylic oxidation sites excluding steroid dienone is 6. The van der Waals surface area contributed by atoms with E-state index in [-0.39, 0.29) is 0 Å². The second-order valence-corrected chi connectivity index (χ2v) is 5.24. The van der Waals surface area contributed by atoms with Gasteiger partial charge < -0.3 is 4.42 Å². The molecule has 18 heavy (non-hydrogen) atoms. The van der Waals surface area contributed by atoms with Crippen LogP contribution in [0.3, 0.4) is 0 Å². The lowest BCUT2D eigenvalue weighted by atomic mass is 10.0. The highest BCUT2D eigenvalue weighted by Crippen LogP contribution is 2.36. The first-order valence-corrected chi connectivity index (χ1v) is 6.88. The molecular weight excluding hydrogens is 240 g/mol.